The van der Waals surface area contributed by atoms with Gasteiger partial charge in [-0.2, -0.15) is 0 Å². The van der Waals surface area contributed by atoms with Crippen LogP contribution in [0.15, 0.2) is 105 Å². The maximum absolute atomic E-state index is 14.0. The summed E-state index contributed by atoms with van der Waals surface area (Å²) < 4.78 is 13.6. The second-order valence-corrected chi connectivity index (χ2v) is 9.66. The summed E-state index contributed by atoms with van der Waals surface area (Å²) in [4.78, 5) is 34.7. The smallest absolute Gasteiger partial charge is 0.266 e. The van der Waals surface area contributed by atoms with Crippen LogP contribution in [0, 0.1) is 0 Å². The normalized spacial score (nSPS) is 11.9. The van der Waals surface area contributed by atoms with Gasteiger partial charge >= 0.3 is 0 Å². The lowest BCUT2D eigenvalue weighted by Gasteiger charge is -2.32. The summed E-state index contributed by atoms with van der Waals surface area (Å²) in [7, 11) is 1.56. The lowest BCUT2D eigenvalue weighted by atomic mass is 10.1. The van der Waals surface area contributed by atoms with E-state index < -0.39 is 6.04 Å². The minimum atomic E-state index is -0.561. The monoisotopic (exact) mass is 571 g/mol. The van der Waals surface area contributed by atoms with Gasteiger partial charge in [-0.1, -0.05) is 53.2 Å². The quantitative estimate of drug-likeness (QED) is 0.211. The highest BCUT2D eigenvalue weighted by Gasteiger charge is 2.31. The zero-order chi connectivity index (χ0) is 26.6. The van der Waals surface area contributed by atoms with Gasteiger partial charge in [-0.25, -0.2) is 4.98 Å². The van der Waals surface area contributed by atoms with Crippen LogP contribution in [0.3, 0.4) is 0 Å². The molecule has 0 bridgehead atoms. The minimum Gasteiger partial charge on any atom is -0.495 e. The molecule has 0 saturated carbocycles. The zero-order valence-electron chi connectivity index (χ0n) is 21.0. The van der Waals surface area contributed by atoms with E-state index in [0.29, 0.717) is 45.9 Å². The van der Waals surface area contributed by atoms with Crippen molar-refractivity contribution in [2.24, 2.45) is 0 Å². The average molecular weight is 572 g/mol. The van der Waals surface area contributed by atoms with Crippen molar-refractivity contribution in [2.45, 2.75) is 25.9 Å². The van der Waals surface area contributed by atoms with E-state index in [1.165, 1.54) is 0 Å². The molecule has 1 unspecified atom stereocenters. The van der Waals surface area contributed by atoms with Crippen LogP contribution in [-0.2, 0) is 6.54 Å². The van der Waals surface area contributed by atoms with Gasteiger partial charge in [-0.05, 0) is 61.0 Å². The van der Waals surface area contributed by atoms with Gasteiger partial charge in [0.1, 0.15) is 17.3 Å². The number of para-hydroxylation sites is 3. The van der Waals surface area contributed by atoms with Crippen molar-refractivity contribution in [1.29, 1.82) is 0 Å². The van der Waals surface area contributed by atoms with Crippen molar-refractivity contribution < 1.29 is 13.9 Å². The molecule has 2 heterocycles. The Morgan fingerprint density at radius 1 is 1.05 bits per heavy atom. The van der Waals surface area contributed by atoms with Crippen LogP contribution < -0.4 is 10.3 Å². The van der Waals surface area contributed by atoms with Crippen molar-refractivity contribution in [2.75, 3.05) is 7.11 Å². The van der Waals surface area contributed by atoms with E-state index in [1.54, 1.807) is 53.2 Å². The Morgan fingerprint density at radius 2 is 1.84 bits per heavy atom. The van der Waals surface area contributed by atoms with E-state index in [1.807, 2.05) is 61.5 Å². The number of carbonyl (C=O) groups excluding carboxylic acids is 1. The third-order valence-electron chi connectivity index (χ3n) is 6.43. The number of nitrogens with zero attached hydrogens (tertiary/aromatic N) is 3. The number of rotatable bonds is 8. The molecule has 8 heteroatoms. The van der Waals surface area contributed by atoms with Crippen LogP contribution in [-0.4, -0.2) is 27.5 Å². The van der Waals surface area contributed by atoms with E-state index in [2.05, 4.69) is 15.9 Å². The fraction of sp³-hybridized carbons (Fsp3) is 0.167. The molecule has 0 aliphatic rings. The van der Waals surface area contributed by atoms with Gasteiger partial charge < -0.3 is 14.1 Å². The number of methoxy groups -OCH3 is 1. The maximum Gasteiger partial charge on any atom is 0.266 e. The number of hydrogen-bond acceptors (Lipinski definition) is 5. The molecule has 5 aromatic rings. The topological polar surface area (TPSA) is 77.6 Å². The molecule has 5 rings (SSSR count). The number of carbonyl (C=O) groups is 1. The standard InChI is InChI=1S/C30H26BrN3O4/c1-3-25(33(19-22-12-9-17-38-22)29(35)20-10-8-11-21(31)18-20)28-32-24-14-5-4-13-23(24)30(36)34(28)26-15-6-7-16-27(26)37-2/h4-18,25H,3,19H2,1-2H3. The second-order valence-electron chi connectivity index (χ2n) is 8.75. The Balaban J connectivity index is 1.76. The molecule has 0 aliphatic carbocycles. The van der Waals surface area contributed by atoms with Gasteiger partial charge in [-0.3, -0.25) is 14.2 Å². The van der Waals surface area contributed by atoms with Gasteiger partial charge in [0.05, 0.1) is 42.5 Å². The number of ether oxygens (including phenoxy) is 1. The Hall–Kier alpha value is -4.17. The van der Waals surface area contributed by atoms with E-state index in [4.69, 9.17) is 14.1 Å². The van der Waals surface area contributed by atoms with Gasteiger partial charge in [0.25, 0.3) is 11.5 Å². The van der Waals surface area contributed by atoms with Crippen LogP contribution in [0.5, 0.6) is 5.75 Å². The third-order valence-corrected chi connectivity index (χ3v) is 6.92. The Morgan fingerprint density at radius 3 is 2.58 bits per heavy atom. The highest BCUT2D eigenvalue weighted by molar-refractivity contribution is 9.10. The molecular weight excluding hydrogens is 546 g/mol. The molecule has 0 fully saturated rings. The Kier molecular flexibility index (Phi) is 7.42. The van der Waals surface area contributed by atoms with Crippen LogP contribution in [0.2, 0.25) is 0 Å². The average Bonchev–Trinajstić information content (AvgIpc) is 3.46. The maximum atomic E-state index is 14.0. The molecule has 0 aliphatic heterocycles. The molecule has 1 amide bonds. The predicted molar refractivity (Wildman–Crippen MR) is 150 cm³/mol. The summed E-state index contributed by atoms with van der Waals surface area (Å²) in [6.07, 6.45) is 2.08. The van der Waals surface area contributed by atoms with E-state index in [9.17, 15) is 9.59 Å². The predicted octanol–water partition coefficient (Wildman–Crippen LogP) is 6.54. The van der Waals surface area contributed by atoms with Crippen LogP contribution in [0.4, 0.5) is 0 Å². The largest absolute Gasteiger partial charge is 0.495 e. The number of amides is 1. The number of furan rings is 1. The molecule has 0 N–H and O–H groups in total. The second kappa shape index (κ2) is 11.1. The first-order chi connectivity index (χ1) is 18.5. The molecule has 1 atom stereocenters. The fourth-order valence-corrected chi connectivity index (χ4v) is 5.04. The number of fused-ring (bicyclic) bond motifs is 1. The van der Waals surface area contributed by atoms with Gasteiger partial charge in [0.2, 0.25) is 0 Å². The van der Waals surface area contributed by atoms with E-state index in [0.717, 1.165) is 4.47 Å². The summed E-state index contributed by atoms with van der Waals surface area (Å²) in [6, 6.07) is 24.8. The lowest BCUT2D eigenvalue weighted by Crippen LogP contribution is -2.38. The molecule has 3 aromatic carbocycles. The van der Waals surface area contributed by atoms with Crippen molar-refractivity contribution >= 4 is 32.7 Å². The summed E-state index contributed by atoms with van der Waals surface area (Å²) in [5.74, 6) is 1.39. The molecule has 0 saturated heterocycles. The van der Waals surface area contributed by atoms with Crippen molar-refractivity contribution in [3.63, 3.8) is 0 Å². The first-order valence-electron chi connectivity index (χ1n) is 12.3. The van der Waals surface area contributed by atoms with Crippen LogP contribution >= 0.6 is 15.9 Å². The highest BCUT2D eigenvalue weighted by atomic mass is 79.9. The zero-order valence-corrected chi connectivity index (χ0v) is 22.6. The molecule has 192 valence electrons. The van der Waals surface area contributed by atoms with Gasteiger partial charge in [-0.15, -0.1) is 0 Å². The number of halogens is 1. The van der Waals surface area contributed by atoms with Crippen molar-refractivity contribution in [3.05, 3.63) is 123 Å². The number of aromatic nitrogens is 2. The number of benzene rings is 3. The van der Waals surface area contributed by atoms with Crippen molar-refractivity contribution in [3.8, 4) is 11.4 Å². The SMILES string of the molecule is CCC(c1nc2ccccc2c(=O)n1-c1ccccc1OC)N(Cc1ccco1)C(=O)c1cccc(Br)c1. The molecule has 2 aromatic heterocycles. The van der Waals surface area contributed by atoms with Gasteiger partial charge in [0.15, 0.2) is 0 Å². The summed E-state index contributed by atoms with van der Waals surface area (Å²) >= 11 is 3.47. The van der Waals surface area contributed by atoms with Crippen LogP contribution in [0.25, 0.3) is 16.6 Å². The molecule has 38 heavy (non-hydrogen) atoms. The lowest BCUT2D eigenvalue weighted by molar-refractivity contribution is 0.0624. The molecule has 7 nitrogen and oxygen atoms in total. The Labute approximate surface area is 228 Å². The first-order valence-corrected chi connectivity index (χ1v) is 13.0. The van der Waals surface area contributed by atoms with Crippen molar-refractivity contribution in [1.82, 2.24) is 14.5 Å². The molecule has 0 radical (unpaired) electrons. The Bertz CT molecular complexity index is 1650. The first kappa shape index (κ1) is 25.5. The third kappa shape index (κ3) is 4.87. The molecule has 0 spiro atoms. The highest BCUT2D eigenvalue weighted by Crippen LogP contribution is 2.32. The van der Waals surface area contributed by atoms with E-state index >= 15 is 0 Å². The fourth-order valence-electron chi connectivity index (χ4n) is 4.64. The minimum absolute atomic E-state index is 0.200. The summed E-state index contributed by atoms with van der Waals surface area (Å²) in [5.41, 5.74) is 1.39. The van der Waals surface area contributed by atoms with Gasteiger partial charge in [0, 0.05) is 10.0 Å². The van der Waals surface area contributed by atoms with Crippen LogP contribution in [0.1, 0.15) is 41.3 Å². The summed E-state index contributed by atoms with van der Waals surface area (Å²) in [6.45, 7) is 2.17. The molecular formula is C30H26BrN3O4. The van der Waals surface area contributed by atoms with E-state index in [-0.39, 0.29) is 18.0 Å². The number of hydrogen-bond donors (Lipinski definition) is 0. The summed E-state index contributed by atoms with van der Waals surface area (Å²) in [5, 5.41) is 0.480.